The largest absolute Gasteiger partial charge is 0.392 e. The molecule has 0 aliphatic rings. The molecular weight excluding hydrogens is 144 g/mol. The van der Waals surface area contributed by atoms with E-state index in [0.717, 1.165) is 0 Å². The Morgan fingerprint density at radius 3 is 1.70 bits per heavy atom. The van der Waals surface area contributed by atoms with E-state index in [0.29, 0.717) is 5.25 Å². The Bertz CT molecular complexity index is 93.9. The Morgan fingerprint density at radius 1 is 1.20 bits per heavy atom. The second kappa shape index (κ2) is 3.63. The van der Waals surface area contributed by atoms with Gasteiger partial charge in [-0.15, -0.1) is 0 Å². The molecule has 0 aliphatic carbocycles. The van der Waals surface area contributed by atoms with Gasteiger partial charge >= 0.3 is 0 Å². The van der Waals surface area contributed by atoms with Crippen molar-refractivity contribution in [2.24, 2.45) is 0 Å². The molecule has 2 atom stereocenters. The van der Waals surface area contributed by atoms with E-state index in [2.05, 4.69) is 27.7 Å². The van der Waals surface area contributed by atoms with Gasteiger partial charge in [0.25, 0.3) is 0 Å². The van der Waals surface area contributed by atoms with Crippen LogP contribution in [-0.2, 0) is 0 Å². The number of rotatable bonds is 2. The normalized spacial score (nSPS) is 18.6. The highest BCUT2D eigenvalue weighted by atomic mass is 32.2. The van der Waals surface area contributed by atoms with E-state index in [9.17, 15) is 0 Å². The van der Waals surface area contributed by atoms with Gasteiger partial charge in [-0.3, -0.25) is 0 Å². The van der Waals surface area contributed by atoms with E-state index in [4.69, 9.17) is 5.11 Å². The van der Waals surface area contributed by atoms with Crippen molar-refractivity contribution >= 4 is 11.8 Å². The minimum atomic E-state index is -0.204. The van der Waals surface area contributed by atoms with Gasteiger partial charge in [-0.2, -0.15) is 11.8 Å². The van der Waals surface area contributed by atoms with E-state index in [1.165, 1.54) is 0 Å². The monoisotopic (exact) mass is 162 g/mol. The fraction of sp³-hybridized carbons (Fsp3) is 1.00. The summed E-state index contributed by atoms with van der Waals surface area (Å²) in [5.74, 6) is 0. The van der Waals surface area contributed by atoms with Crippen molar-refractivity contribution in [2.75, 3.05) is 0 Å². The summed E-state index contributed by atoms with van der Waals surface area (Å²) in [5.41, 5.74) is 0. The highest BCUT2D eigenvalue weighted by Gasteiger charge is 2.18. The van der Waals surface area contributed by atoms with Gasteiger partial charge in [0.15, 0.2) is 0 Å². The molecule has 2 unspecified atom stereocenters. The Kier molecular flexibility index (Phi) is 3.74. The molecule has 0 aliphatic heterocycles. The predicted octanol–water partition coefficient (Wildman–Crippen LogP) is 2.29. The lowest BCUT2D eigenvalue weighted by Gasteiger charge is -2.24. The van der Waals surface area contributed by atoms with Crippen LogP contribution in [0.4, 0.5) is 0 Å². The summed E-state index contributed by atoms with van der Waals surface area (Å²) >= 11 is 1.81. The van der Waals surface area contributed by atoms with Crippen molar-refractivity contribution in [3.05, 3.63) is 0 Å². The zero-order valence-corrected chi connectivity index (χ0v) is 8.33. The molecule has 0 aromatic heterocycles. The van der Waals surface area contributed by atoms with Crippen LogP contribution in [0.5, 0.6) is 0 Å². The standard InChI is InChI=1S/C8H18OS/c1-6(9)7(2)10-8(3,4)5/h6-7,9H,1-5H3. The Morgan fingerprint density at radius 2 is 1.60 bits per heavy atom. The third-order valence-corrected chi connectivity index (χ3v) is 2.69. The van der Waals surface area contributed by atoms with E-state index in [-0.39, 0.29) is 10.9 Å². The second-order valence-electron chi connectivity index (χ2n) is 3.68. The number of aliphatic hydroxyl groups is 1. The van der Waals surface area contributed by atoms with Crippen LogP contribution >= 0.6 is 11.8 Å². The number of hydrogen-bond acceptors (Lipinski definition) is 2. The molecule has 62 valence electrons. The zero-order valence-electron chi connectivity index (χ0n) is 7.51. The number of hydrogen-bond donors (Lipinski definition) is 1. The van der Waals surface area contributed by atoms with Gasteiger partial charge in [0.05, 0.1) is 6.10 Å². The van der Waals surface area contributed by atoms with Crippen LogP contribution in [0.2, 0.25) is 0 Å². The van der Waals surface area contributed by atoms with Crippen molar-refractivity contribution in [1.82, 2.24) is 0 Å². The molecule has 0 spiro atoms. The molecular formula is C8H18OS. The quantitative estimate of drug-likeness (QED) is 0.672. The summed E-state index contributed by atoms with van der Waals surface area (Å²) in [7, 11) is 0. The summed E-state index contributed by atoms with van der Waals surface area (Å²) in [6.45, 7) is 10.4. The first-order chi connectivity index (χ1) is 4.33. The minimum absolute atomic E-state index is 0.204. The fourth-order valence-electron chi connectivity index (χ4n) is 0.656. The Balaban J connectivity index is 3.68. The lowest BCUT2D eigenvalue weighted by molar-refractivity contribution is 0.196. The molecule has 0 aromatic carbocycles. The van der Waals surface area contributed by atoms with Crippen LogP contribution in [-0.4, -0.2) is 21.2 Å². The maximum Gasteiger partial charge on any atom is 0.0628 e. The van der Waals surface area contributed by atoms with Crippen LogP contribution in [0.25, 0.3) is 0 Å². The molecule has 10 heavy (non-hydrogen) atoms. The van der Waals surface area contributed by atoms with Crippen molar-refractivity contribution < 1.29 is 5.11 Å². The maximum atomic E-state index is 9.16. The maximum absolute atomic E-state index is 9.16. The molecule has 0 saturated carbocycles. The van der Waals surface area contributed by atoms with Gasteiger partial charge in [0, 0.05) is 10.00 Å². The number of aliphatic hydroxyl groups excluding tert-OH is 1. The van der Waals surface area contributed by atoms with E-state index in [1.54, 1.807) is 0 Å². The highest BCUT2D eigenvalue weighted by Crippen LogP contribution is 2.29. The van der Waals surface area contributed by atoms with Crippen molar-refractivity contribution in [1.29, 1.82) is 0 Å². The van der Waals surface area contributed by atoms with E-state index in [1.807, 2.05) is 18.7 Å². The van der Waals surface area contributed by atoms with Gasteiger partial charge in [-0.25, -0.2) is 0 Å². The molecule has 0 saturated heterocycles. The topological polar surface area (TPSA) is 20.2 Å². The third kappa shape index (κ3) is 5.12. The molecule has 1 nitrogen and oxygen atoms in total. The van der Waals surface area contributed by atoms with Gasteiger partial charge in [-0.05, 0) is 6.92 Å². The summed E-state index contributed by atoms with van der Waals surface area (Å²) in [4.78, 5) is 0. The molecule has 0 fully saturated rings. The first kappa shape index (κ1) is 10.3. The summed E-state index contributed by atoms with van der Waals surface area (Å²) in [6.07, 6.45) is -0.204. The van der Waals surface area contributed by atoms with Crippen molar-refractivity contribution in [3.8, 4) is 0 Å². The van der Waals surface area contributed by atoms with E-state index >= 15 is 0 Å². The Labute approximate surface area is 68.2 Å². The molecule has 0 rings (SSSR count). The fourth-order valence-corrected chi connectivity index (χ4v) is 1.97. The second-order valence-corrected chi connectivity index (χ2v) is 5.88. The van der Waals surface area contributed by atoms with Gasteiger partial charge < -0.3 is 5.11 Å². The lowest BCUT2D eigenvalue weighted by atomic mass is 10.3. The summed E-state index contributed by atoms with van der Waals surface area (Å²) < 4.78 is 0.260. The van der Waals surface area contributed by atoms with Crippen molar-refractivity contribution in [3.63, 3.8) is 0 Å². The first-order valence-corrected chi connectivity index (χ1v) is 4.57. The molecule has 0 aromatic rings. The van der Waals surface area contributed by atoms with Crippen LogP contribution in [0.3, 0.4) is 0 Å². The molecule has 0 amide bonds. The average molecular weight is 162 g/mol. The smallest absolute Gasteiger partial charge is 0.0628 e. The average Bonchev–Trinajstić information content (AvgIpc) is 1.60. The summed E-state index contributed by atoms with van der Waals surface area (Å²) in [5, 5.41) is 9.50. The molecule has 0 bridgehead atoms. The van der Waals surface area contributed by atoms with Crippen LogP contribution in [0.1, 0.15) is 34.6 Å². The minimum Gasteiger partial charge on any atom is -0.392 e. The highest BCUT2D eigenvalue weighted by molar-refractivity contribution is 8.01. The first-order valence-electron chi connectivity index (χ1n) is 3.69. The van der Waals surface area contributed by atoms with Crippen LogP contribution in [0.15, 0.2) is 0 Å². The third-order valence-electron chi connectivity index (χ3n) is 1.22. The number of thioether (sulfide) groups is 1. The zero-order chi connectivity index (χ0) is 8.36. The molecule has 2 heteroatoms. The molecule has 0 heterocycles. The van der Waals surface area contributed by atoms with Gasteiger partial charge in [0.2, 0.25) is 0 Å². The SMILES string of the molecule is CC(O)C(C)SC(C)(C)C. The molecule has 0 radical (unpaired) electrons. The summed E-state index contributed by atoms with van der Waals surface area (Å²) in [6, 6.07) is 0. The van der Waals surface area contributed by atoms with Gasteiger partial charge in [-0.1, -0.05) is 27.7 Å². The van der Waals surface area contributed by atoms with Gasteiger partial charge in [0.1, 0.15) is 0 Å². The van der Waals surface area contributed by atoms with Crippen molar-refractivity contribution in [2.45, 2.75) is 50.7 Å². The van der Waals surface area contributed by atoms with Crippen LogP contribution < -0.4 is 0 Å². The Hall–Kier alpha value is 0.310. The van der Waals surface area contributed by atoms with E-state index < -0.39 is 0 Å². The molecule has 1 N–H and O–H groups in total. The predicted molar refractivity (Wildman–Crippen MR) is 48.5 cm³/mol. The van der Waals surface area contributed by atoms with Crippen LogP contribution in [0, 0.1) is 0 Å². The lowest BCUT2D eigenvalue weighted by Crippen LogP contribution is -2.22.